The van der Waals surface area contributed by atoms with Crippen molar-refractivity contribution in [2.45, 2.75) is 0 Å². The second kappa shape index (κ2) is 12.5. The van der Waals surface area contributed by atoms with Crippen LogP contribution in [0.25, 0.3) is 71.3 Å². The molecule has 10 aromatic rings. The fraction of sp³-hybridized carbons (Fsp3) is 0. The number of anilines is 3. The topological polar surface area (TPSA) is 8.17 Å². The van der Waals surface area contributed by atoms with Gasteiger partial charge < -0.3 is 9.47 Å². The number of rotatable bonds is 6. The Morgan fingerprint density at radius 2 is 0.904 bits per heavy atom. The zero-order valence-electron chi connectivity index (χ0n) is 28.5. The van der Waals surface area contributed by atoms with Crippen molar-refractivity contribution in [3.8, 4) is 27.9 Å². The smallest absolute Gasteiger partial charge is 0.0547 e. The number of hydrogen-bond acceptors (Lipinski definition) is 1. The van der Waals surface area contributed by atoms with Crippen LogP contribution < -0.4 is 4.90 Å². The van der Waals surface area contributed by atoms with Crippen molar-refractivity contribution in [1.29, 1.82) is 0 Å². The van der Waals surface area contributed by atoms with Crippen molar-refractivity contribution in [2.75, 3.05) is 4.90 Å². The third-order valence-electron chi connectivity index (χ3n) is 10.3. The van der Waals surface area contributed by atoms with Gasteiger partial charge in [0, 0.05) is 33.5 Å². The minimum absolute atomic E-state index is 1.11. The lowest BCUT2D eigenvalue weighted by atomic mass is 9.97. The van der Waals surface area contributed by atoms with E-state index in [1.165, 1.54) is 65.6 Å². The van der Waals surface area contributed by atoms with Gasteiger partial charge in [0.1, 0.15) is 0 Å². The number of aromatic nitrogens is 1. The lowest BCUT2D eigenvalue weighted by molar-refractivity contribution is 1.18. The molecule has 52 heavy (non-hydrogen) atoms. The SMILES string of the molecule is c1ccc(-c2ccc(N(c3cccc(-c4cccc5c4c4cc6ccccc6cc4n5-c4ccccc4)c3)c3ccc4ccccc4c3)cc2)cc1. The fourth-order valence-electron chi connectivity index (χ4n) is 7.86. The van der Waals surface area contributed by atoms with Gasteiger partial charge in [-0.05, 0) is 111 Å². The summed E-state index contributed by atoms with van der Waals surface area (Å²) in [5.41, 5.74) is 11.7. The molecule has 0 fully saturated rings. The molecule has 0 amide bonds. The summed E-state index contributed by atoms with van der Waals surface area (Å²) in [7, 11) is 0. The molecule has 0 aliphatic heterocycles. The van der Waals surface area contributed by atoms with E-state index in [0.29, 0.717) is 0 Å². The Labute approximate surface area is 303 Å². The first-order valence-corrected chi connectivity index (χ1v) is 17.8. The zero-order chi connectivity index (χ0) is 34.4. The lowest BCUT2D eigenvalue weighted by Crippen LogP contribution is -2.10. The molecule has 1 aromatic heterocycles. The lowest BCUT2D eigenvalue weighted by Gasteiger charge is -2.26. The maximum Gasteiger partial charge on any atom is 0.0547 e. The molecule has 0 N–H and O–H groups in total. The van der Waals surface area contributed by atoms with Gasteiger partial charge in [-0.3, -0.25) is 0 Å². The number of nitrogens with zero attached hydrogens (tertiary/aromatic N) is 2. The molecule has 1 heterocycles. The molecule has 0 aliphatic rings. The number of fused-ring (bicyclic) bond motifs is 5. The van der Waals surface area contributed by atoms with E-state index < -0.39 is 0 Å². The van der Waals surface area contributed by atoms with Gasteiger partial charge in [-0.25, -0.2) is 0 Å². The normalized spacial score (nSPS) is 11.5. The molecule has 2 heteroatoms. The molecule has 244 valence electrons. The molecule has 0 spiro atoms. The van der Waals surface area contributed by atoms with Crippen LogP contribution >= 0.6 is 0 Å². The third-order valence-corrected chi connectivity index (χ3v) is 10.3. The quantitative estimate of drug-likeness (QED) is 0.172. The van der Waals surface area contributed by atoms with E-state index >= 15 is 0 Å². The largest absolute Gasteiger partial charge is 0.310 e. The molecule has 10 rings (SSSR count). The Morgan fingerprint density at radius 3 is 1.67 bits per heavy atom. The summed E-state index contributed by atoms with van der Waals surface area (Å²) in [5.74, 6) is 0. The summed E-state index contributed by atoms with van der Waals surface area (Å²) < 4.78 is 2.42. The Bertz CT molecular complexity index is 2890. The predicted octanol–water partition coefficient (Wildman–Crippen LogP) is 13.9. The summed E-state index contributed by atoms with van der Waals surface area (Å²) in [5, 5.41) is 7.44. The minimum Gasteiger partial charge on any atom is -0.310 e. The van der Waals surface area contributed by atoms with Crippen molar-refractivity contribution in [2.24, 2.45) is 0 Å². The first-order chi connectivity index (χ1) is 25.8. The highest BCUT2D eigenvalue weighted by molar-refractivity contribution is 6.18. The molecular weight excluding hydrogens is 629 g/mol. The van der Waals surface area contributed by atoms with E-state index in [9.17, 15) is 0 Å². The molecule has 9 aromatic carbocycles. The van der Waals surface area contributed by atoms with Gasteiger partial charge in [0.25, 0.3) is 0 Å². The monoisotopic (exact) mass is 662 g/mol. The van der Waals surface area contributed by atoms with Gasteiger partial charge in [0.15, 0.2) is 0 Å². The van der Waals surface area contributed by atoms with Gasteiger partial charge in [-0.1, -0.05) is 140 Å². The van der Waals surface area contributed by atoms with E-state index in [2.05, 4.69) is 216 Å². The standard InChI is InChI=1S/C50H34N2/c1-3-13-35(14-4-1)37-25-28-43(29-26-37)51(45-30-27-36-15-7-8-16-38(36)31-45)44-22-11-19-41(32-44)46-23-12-24-48-50(46)47-33-39-17-9-10-18-40(39)34-49(47)52(48)42-20-5-2-6-21-42/h1-34H. The molecular formula is C50H34N2. The Balaban J connectivity index is 1.18. The minimum atomic E-state index is 1.11. The second-order valence-corrected chi connectivity index (χ2v) is 13.4. The van der Waals surface area contributed by atoms with Crippen molar-refractivity contribution in [3.63, 3.8) is 0 Å². The van der Waals surface area contributed by atoms with Crippen molar-refractivity contribution >= 4 is 60.4 Å². The summed E-state index contributed by atoms with van der Waals surface area (Å²) in [6.07, 6.45) is 0. The van der Waals surface area contributed by atoms with Gasteiger partial charge >= 0.3 is 0 Å². The van der Waals surface area contributed by atoms with Crippen LogP contribution in [0.1, 0.15) is 0 Å². The van der Waals surface area contributed by atoms with E-state index in [-0.39, 0.29) is 0 Å². The van der Waals surface area contributed by atoms with Gasteiger partial charge in [0.2, 0.25) is 0 Å². The maximum absolute atomic E-state index is 2.42. The summed E-state index contributed by atoms with van der Waals surface area (Å²) in [4.78, 5) is 2.38. The van der Waals surface area contributed by atoms with Crippen LogP contribution in [0.5, 0.6) is 0 Å². The van der Waals surface area contributed by atoms with E-state index in [0.717, 1.165) is 22.7 Å². The van der Waals surface area contributed by atoms with Gasteiger partial charge in [0.05, 0.1) is 11.0 Å². The summed E-state index contributed by atoms with van der Waals surface area (Å²) in [6, 6.07) is 74.7. The van der Waals surface area contributed by atoms with Gasteiger partial charge in [-0.15, -0.1) is 0 Å². The molecule has 2 nitrogen and oxygen atoms in total. The number of benzene rings is 9. The van der Waals surface area contributed by atoms with Gasteiger partial charge in [-0.2, -0.15) is 0 Å². The molecule has 0 aliphatic carbocycles. The molecule has 0 radical (unpaired) electrons. The molecule has 0 saturated heterocycles. The molecule has 0 unspecified atom stereocenters. The van der Waals surface area contributed by atoms with Crippen LogP contribution in [0, 0.1) is 0 Å². The molecule has 0 atom stereocenters. The van der Waals surface area contributed by atoms with Crippen LogP contribution in [0.15, 0.2) is 206 Å². The van der Waals surface area contributed by atoms with Crippen LogP contribution in [0.4, 0.5) is 17.1 Å². The maximum atomic E-state index is 2.42. The van der Waals surface area contributed by atoms with Crippen LogP contribution in [0.2, 0.25) is 0 Å². The van der Waals surface area contributed by atoms with Crippen molar-refractivity contribution < 1.29 is 0 Å². The number of para-hydroxylation sites is 1. The highest BCUT2D eigenvalue weighted by atomic mass is 15.1. The summed E-state index contributed by atoms with van der Waals surface area (Å²) in [6.45, 7) is 0. The molecule has 0 bridgehead atoms. The average Bonchev–Trinajstić information content (AvgIpc) is 3.54. The Hall–Kier alpha value is -6.90. The van der Waals surface area contributed by atoms with E-state index in [4.69, 9.17) is 0 Å². The van der Waals surface area contributed by atoms with Crippen molar-refractivity contribution in [1.82, 2.24) is 4.57 Å². The Kier molecular flexibility index (Phi) is 7.18. The van der Waals surface area contributed by atoms with Crippen LogP contribution in [-0.2, 0) is 0 Å². The number of hydrogen-bond donors (Lipinski definition) is 0. The third kappa shape index (κ3) is 5.12. The summed E-state index contributed by atoms with van der Waals surface area (Å²) >= 11 is 0. The molecule has 0 saturated carbocycles. The van der Waals surface area contributed by atoms with Crippen LogP contribution in [-0.4, -0.2) is 4.57 Å². The first-order valence-electron chi connectivity index (χ1n) is 17.8. The van der Waals surface area contributed by atoms with E-state index in [1.807, 2.05) is 0 Å². The van der Waals surface area contributed by atoms with Crippen LogP contribution in [0.3, 0.4) is 0 Å². The zero-order valence-corrected chi connectivity index (χ0v) is 28.5. The van der Waals surface area contributed by atoms with Crippen molar-refractivity contribution in [3.05, 3.63) is 206 Å². The Morgan fingerprint density at radius 1 is 0.327 bits per heavy atom. The predicted molar refractivity (Wildman–Crippen MR) is 221 cm³/mol. The highest BCUT2D eigenvalue weighted by Gasteiger charge is 2.19. The average molecular weight is 663 g/mol. The fourth-order valence-corrected chi connectivity index (χ4v) is 7.86. The van der Waals surface area contributed by atoms with E-state index in [1.54, 1.807) is 0 Å². The first kappa shape index (κ1) is 30.0. The highest BCUT2D eigenvalue weighted by Crippen LogP contribution is 2.43. The second-order valence-electron chi connectivity index (χ2n) is 13.4.